The maximum absolute atomic E-state index is 12.3. The number of nitrogens with one attached hydrogen (secondary N) is 1. The monoisotopic (exact) mass is 451 g/mol. The summed E-state index contributed by atoms with van der Waals surface area (Å²) in [6.07, 6.45) is 5.88. The van der Waals surface area contributed by atoms with Crippen LogP contribution in [0.4, 0.5) is 0 Å². The van der Waals surface area contributed by atoms with E-state index in [1.165, 1.54) is 19.3 Å². The Labute approximate surface area is 139 Å². The molecular weight excluding hydrogens is 438 g/mol. The predicted molar refractivity (Wildman–Crippen MR) is 88.9 cm³/mol. The predicted octanol–water partition coefficient (Wildman–Crippen LogP) is 5.04. The number of alkyl halides is 1. The molecule has 2 unspecified atom stereocenters. The molecule has 1 aromatic rings. The van der Waals surface area contributed by atoms with Gasteiger partial charge in [-0.3, -0.25) is 4.79 Å². The Hall–Kier alpha value is 0.130. The zero-order chi connectivity index (χ0) is 13.8. The number of halogens is 3. The molecule has 1 N–H and O–H groups in total. The number of benzene rings is 1. The van der Waals surface area contributed by atoms with Gasteiger partial charge in [-0.2, -0.15) is 0 Å². The molecule has 1 fully saturated rings. The van der Waals surface area contributed by atoms with E-state index in [0.29, 0.717) is 10.4 Å². The van der Waals surface area contributed by atoms with Gasteiger partial charge in [0, 0.05) is 25.4 Å². The second kappa shape index (κ2) is 7.23. The molecule has 1 saturated carbocycles. The van der Waals surface area contributed by atoms with E-state index < -0.39 is 0 Å². The zero-order valence-corrected chi connectivity index (χ0v) is 15.2. The summed E-state index contributed by atoms with van der Waals surface area (Å²) in [4.78, 5) is 12.7. The van der Waals surface area contributed by atoms with Crippen LogP contribution in [0, 0.1) is 0 Å². The summed E-state index contributed by atoms with van der Waals surface area (Å²) in [5, 5.41) is 3.15. The summed E-state index contributed by atoms with van der Waals surface area (Å²) in [6, 6.07) is 5.85. The lowest BCUT2D eigenvalue weighted by atomic mass is 10.1. The first-order chi connectivity index (χ1) is 9.06. The molecule has 104 valence electrons. The second-order valence-corrected chi connectivity index (χ2v) is 7.90. The molecule has 0 aromatic heterocycles. The van der Waals surface area contributed by atoms with Gasteiger partial charge in [-0.15, -0.1) is 0 Å². The molecule has 1 aliphatic rings. The quantitative estimate of drug-likeness (QED) is 0.493. The lowest BCUT2D eigenvalue weighted by Gasteiger charge is -2.21. The molecule has 0 saturated heterocycles. The number of carbonyl (C=O) groups excluding carboxylic acids is 1. The number of carbonyl (C=O) groups is 1. The maximum atomic E-state index is 12.3. The van der Waals surface area contributed by atoms with E-state index in [1.54, 1.807) is 0 Å². The van der Waals surface area contributed by atoms with Crippen LogP contribution >= 0.6 is 47.8 Å². The molecule has 0 spiro atoms. The summed E-state index contributed by atoms with van der Waals surface area (Å²) in [6.45, 7) is 0. The topological polar surface area (TPSA) is 29.1 Å². The molecule has 1 amide bonds. The highest BCUT2D eigenvalue weighted by Gasteiger charge is 2.23. The van der Waals surface area contributed by atoms with Crippen molar-refractivity contribution in [3.63, 3.8) is 0 Å². The van der Waals surface area contributed by atoms with Gasteiger partial charge in [-0.1, -0.05) is 67.1 Å². The summed E-state index contributed by atoms with van der Waals surface area (Å²) < 4.78 is 1.81. The van der Waals surface area contributed by atoms with Gasteiger partial charge in [0.2, 0.25) is 0 Å². The van der Waals surface area contributed by atoms with Gasteiger partial charge in [0.15, 0.2) is 0 Å². The smallest absolute Gasteiger partial charge is 0.251 e. The lowest BCUT2D eigenvalue weighted by Crippen LogP contribution is -2.40. The van der Waals surface area contributed by atoms with Crippen LogP contribution in [-0.2, 0) is 0 Å². The minimum Gasteiger partial charge on any atom is -0.348 e. The van der Waals surface area contributed by atoms with Crippen molar-refractivity contribution in [2.24, 2.45) is 0 Å². The minimum atomic E-state index is -0.00153. The van der Waals surface area contributed by atoms with Crippen molar-refractivity contribution in [3.8, 4) is 0 Å². The van der Waals surface area contributed by atoms with Gasteiger partial charge in [-0.25, -0.2) is 0 Å². The Morgan fingerprint density at radius 3 is 2.37 bits per heavy atom. The van der Waals surface area contributed by atoms with E-state index in [9.17, 15) is 4.79 Å². The number of rotatable bonds is 2. The number of hydrogen-bond donors (Lipinski definition) is 1. The highest BCUT2D eigenvalue weighted by atomic mass is 79.9. The van der Waals surface area contributed by atoms with E-state index in [4.69, 9.17) is 0 Å². The van der Waals surface area contributed by atoms with Crippen LogP contribution in [0.15, 0.2) is 27.1 Å². The Bertz CT molecular complexity index is 444. The molecule has 0 bridgehead atoms. The first-order valence-corrected chi connectivity index (χ1v) is 8.97. The minimum absolute atomic E-state index is 0.00153. The van der Waals surface area contributed by atoms with E-state index in [-0.39, 0.29) is 11.9 Å². The third-order valence-electron chi connectivity index (χ3n) is 3.37. The van der Waals surface area contributed by atoms with Crippen LogP contribution in [0.5, 0.6) is 0 Å². The number of amides is 1. The molecule has 1 aromatic carbocycles. The van der Waals surface area contributed by atoms with Crippen LogP contribution in [0.2, 0.25) is 0 Å². The first kappa shape index (κ1) is 15.5. The normalized spacial score (nSPS) is 23.7. The zero-order valence-electron chi connectivity index (χ0n) is 10.5. The summed E-state index contributed by atoms with van der Waals surface area (Å²) >= 11 is 10.5. The van der Waals surface area contributed by atoms with Crippen LogP contribution in [-0.4, -0.2) is 16.8 Å². The highest BCUT2D eigenvalue weighted by Crippen LogP contribution is 2.25. The second-order valence-electron chi connectivity index (χ2n) is 4.89. The van der Waals surface area contributed by atoms with Crippen molar-refractivity contribution in [3.05, 3.63) is 32.7 Å². The fraction of sp³-hybridized carbons (Fsp3) is 0.500. The van der Waals surface area contributed by atoms with E-state index in [2.05, 4.69) is 53.1 Å². The number of hydrogen-bond acceptors (Lipinski definition) is 1. The molecule has 0 aliphatic heterocycles. The van der Waals surface area contributed by atoms with Crippen LogP contribution in [0.3, 0.4) is 0 Å². The molecule has 2 nitrogen and oxygen atoms in total. The average Bonchev–Trinajstić information content (AvgIpc) is 2.54. The Morgan fingerprint density at radius 2 is 1.68 bits per heavy atom. The standard InChI is InChI=1S/C14H16Br3NO/c15-10-6-9(7-11(16)8-10)14(19)18-13-5-3-1-2-4-12(13)17/h6-8,12-13H,1-5H2,(H,18,19). The Kier molecular flexibility index (Phi) is 5.90. The molecule has 5 heteroatoms. The fourth-order valence-corrected chi connectivity index (χ4v) is 4.38. The van der Waals surface area contributed by atoms with Crippen LogP contribution in [0.1, 0.15) is 42.5 Å². The SMILES string of the molecule is O=C(NC1CCCCCC1Br)c1cc(Br)cc(Br)c1. The van der Waals surface area contributed by atoms with Gasteiger partial charge in [-0.05, 0) is 31.0 Å². The maximum Gasteiger partial charge on any atom is 0.251 e. The van der Waals surface area contributed by atoms with Crippen molar-refractivity contribution in [2.75, 3.05) is 0 Å². The molecule has 19 heavy (non-hydrogen) atoms. The molecule has 0 radical (unpaired) electrons. The van der Waals surface area contributed by atoms with Gasteiger partial charge in [0.25, 0.3) is 5.91 Å². The Balaban J connectivity index is 2.07. The summed E-state index contributed by atoms with van der Waals surface area (Å²) in [5.74, 6) is -0.00153. The Morgan fingerprint density at radius 1 is 1.05 bits per heavy atom. The van der Waals surface area contributed by atoms with E-state index in [0.717, 1.165) is 21.8 Å². The van der Waals surface area contributed by atoms with Crippen molar-refractivity contribution < 1.29 is 4.79 Å². The fourth-order valence-electron chi connectivity index (χ4n) is 2.36. The third kappa shape index (κ3) is 4.57. The van der Waals surface area contributed by atoms with Crippen LogP contribution < -0.4 is 5.32 Å². The van der Waals surface area contributed by atoms with Gasteiger partial charge < -0.3 is 5.32 Å². The van der Waals surface area contributed by atoms with Crippen molar-refractivity contribution in [1.82, 2.24) is 5.32 Å². The van der Waals surface area contributed by atoms with Gasteiger partial charge >= 0.3 is 0 Å². The highest BCUT2D eigenvalue weighted by molar-refractivity contribution is 9.11. The molecule has 2 rings (SSSR count). The van der Waals surface area contributed by atoms with Crippen molar-refractivity contribution in [2.45, 2.75) is 43.0 Å². The van der Waals surface area contributed by atoms with Gasteiger partial charge in [0.1, 0.15) is 0 Å². The largest absolute Gasteiger partial charge is 0.348 e. The summed E-state index contributed by atoms with van der Waals surface area (Å²) in [5.41, 5.74) is 0.685. The van der Waals surface area contributed by atoms with Crippen molar-refractivity contribution in [1.29, 1.82) is 0 Å². The molecule has 2 atom stereocenters. The third-order valence-corrected chi connectivity index (χ3v) is 5.38. The summed E-state index contributed by atoms with van der Waals surface area (Å²) in [7, 11) is 0. The molecule has 1 aliphatic carbocycles. The molecular formula is C14H16Br3NO. The first-order valence-electron chi connectivity index (χ1n) is 6.47. The van der Waals surface area contributed by atoms with Crippen molar-refractivity contribution >= 4 is 53.7 Å². The molecule has 0 heterocycles. The van der Waals surface area contributed by atoms with E-state index in [1.807, 2.05) is 18.2 Å². The lowest BCUT2D eigenvalue weighted by molar-refractivity contribution is 0.0934. The van der Waals surface area contributed by atoms with E-state index >= 15 is 0 Å². The average molecular weight is 454 g/mol. The van der Waals surface area contributed by atoms with Crippen LogP contribution in [0.25, 0.3) is 0 Å². The van der Waals surface area contributed by atoms with Gasteiger partial charge in [0.05, 0.1) is 0 Å².